The predicted octanol–water partition coefficient (Wildman–Crippen LogP) is 2.77. The van der Waals surface area contributed by atoms with Crippen molar-refractivity contribution in [2.24, 2.45) is 5.73 Å². The SMILES string of the molecule is CCc1ccccc1-n1nc(CN)cc1C1CC1. The number of aryl methyl sites for hydroxylation is 1. The monoisotopic (exact) mass is 241 g/mol. The van der Waals surface area contributed by atoms with E-state index < -0.39 is 0 Å². The highest BCUT2D eigenvalue weighted by molar-refractivity contribution is 5.43. The van der Waals surface area contributed by atoms with Crippen molar-refractivity contribution in [2.45, 2.75) is 38.6 Å². The highest BCUT2D eigenvalue weighted by atomic mass is 15.3. The molecule has 0 radical (unpaired) electrons. The van der Waals surface area contributed by atoms with Gasteiger partial charge in [0.2, 0.25) is 0 Å². The van der Waals surface area contributed by atoms with E-state index >= 15 is 0 Å². The van der Waals surface area contributed by atoms with Crippen molar-refractivity contribution in [1.29, 1.82) is 0 Å². The van der Waals surface area contributed by atoms with Crippen LogP contribution in [-0.4, -0.2) is 9.78 Å². The van der Waals surface area contributed by atoms with Crippen LogP contribution < -0.4 is 5.73 Å². The Morgan fingerprint density at radius 2 is 2.11 bits per heavy atom. The highest BCUT2D eigenvalue weighted by Crippen LogP contribution is 2.41. The lowest BCUT2D eigenvalue weighted by Gasteiger charge is -2.10. The Balaban J connectivity index is 2.12. The third-order valence-corrected chi connectivity index (χ3v) is 3.59. The number of rotatable bonds is 4. The van der Waals surface area contributed by atoms with E-state index in [0.29, 0.717) is 12.5 Å². The first-order valence-electron chi connectivity index (χ1n) is 6.70. The van der Waals surface area contributed by atoms with E-state index in [9.17, 15) is 0 Å². The minimum absolute atomic E-state index is 0.515. The fraction of sp³-hybridized carbons (Fsp3) is 0.400. The molecule has 0 unspecified atom stereocenters. The molecule has 1 saturated carbocycles. The van der Waals surface area contributed by atoms with Gasteiger partial charge in [0.25, 0.3) is 0 Å². The first kappa shape index (κ1) is 11.5. The Morgan fingerprint density at radius 3 is 2.78 bits per heavy atom. The van der Waals surface area contributed by atoms with Crippen molar-refractivity contribution in [2.75, 3.05) is 0 Å². The van der Waals surface area contributed by atoms with E-state index in [1.54, 1.807) is 0 Å². The topological polar surface area (TPSA) is 43.8 Å². The maximum Gasteiger partial charge on any atom is 0.0767 e. The fourth-order valence-electron chi connectivity index (χ4n) is 2.43. The van der Waals surface area contributed by atoms with Gasteiger partial charge in [-0.3, -0.25) is 0 Å². The number of nitrogens with two attached hydrogens (primary N) is 1. The lowest BCUT2D eigenvalue weighted by Crippen LogP contribution is -2.05. The Bertz CT molecular complexity index is 553. The molecule has 1 fully saturated rings. The molecule has 94 valence electrons. The van der Waals surface area contributed by atoms with Crippen LogP contribution in [0.2, 0.25) is 0 Å². The molecule has 2 aromatic rings. The quantitative estimate of drug-likeness (QED) is 0.894. The maximum absolute atomic E-state index is 5.73. The van der Waals surface area contributed by atoms with Crippen LogP contribution in [0.1, 0.15) is 42.6 Å². The molecule has 3 nitrogen and oxygen atoms in total. The van der Waals surface area contributed by atoms with E-state index in [1.807, 2.05) is 0 Å². The minimum atomic E-state index is 0.515. The number of aromatic nitrogens is 2. The molecule has 1 aromatic carbocycles. The van der Waals surface area contributed by atoms with Gasteiger partial charge in [0.05, 0.1) is 11.4 Å². The van der Waals surface area contributed by atoms with Crippen molar-refractivity contribution in [3.05, 3.63) is 47.3 Å². The lowest BCUT2D eigenvalue weighted by molar-refractivity contribution is 0.777. The molecule has 1 heterocycles. The number of hydrogen-bond acceptors (Lipinski definition) is 2. The Morgan fingerprint density at radius 1 is 1.33 bits per heavy atom. The third-order valence-electron chi connectivity index (χ3n) is 3.59. The summed E-state index contributed by atoms with van der Waals surface area (Å²) in [5.74, 6) is 0.683. The number of hydrogen-bond donors (Lipinski definition) is 1. The van der Waals surface area contributed by atoms with Gasteiger partial charge < -0.3 is 5.73 Å². The van der Waals surface area contributed by atoms with Gasteiger partial charge in [-0.2, -0.15) is 5.10 Å². The molecule has 1 aromatic heterocycles. The average Bonchev–Trinajstić information content (AvgIpc) is 3.18. The summed E-state index contributed by atoms with van der Waals surface area (Å²) in [6, 6.07) is 10.7. The van der Waals surface area contributed by atoms with Crippen LogP contribution in [0.5, 0.6) is 0 Å². The van der Waals surface area contributed by atoms with E-state index in [0.717, 1.165) is 12.1 Å². The second-order valence-corrected chi connectivity index (χ2v) is 4.93. The molecule has 0 bridgehead atoms. The molecule has 0 spiro atoms. The van der Waals surface area contributed by atoms with Gasteiger partial charge in [-0.1, -0.05) is 25.1 Å². The molecule has 3 heteroatoms. The second kappa shape index (κ2) is 4.58. The van der Waals surface area contributed by atoms with Gasteiger partial charge in [-0.05, 0) is 37.0 Å². The smallest absolute Gasteiger partial charge is 0.0767 e. The summed E-state index contributed by atoms with van der Waals surface area (Å²) in [7, 11) is 0. The van der Waals surface area contributed by atoms with Crippen LogP contribution in [0.25, 0.3) is 5.69 Å². The molecule has 1 aliphatic rings. The second-order valence-electron chi connectivity index (χ2n) is 4.93. The van der Waals surface area contributed by atoms with Crippen LogP contribution in [0, 0.1) is 0 Å². The Labute approximate surface area is 108 Å². The summed E-state index contributed by atoms with van der Waals surface area (Å²) in [6.07, 6.45) is 3.59. The predicted molar refractivity (Wildman–Crippen MR) is 72.8 cm³/mol. The van der Waals surface area contributed by atoms with E-state index in [2.05, 4.69) is 47.0 Å². The summed E-state index contributed by atoms with van der Waals surface area (Å²) in [6.45, 7) is 2.70. The highest BCUT2D eigenvalue weighted by Gasteiger charge is 2.28. The van der Waals surface area contributed by atoms with Gasteiger partial charge in [-0.25, -0.2) is 4.68 Å². The molecule has 0 aliphatic heterocycles. The molecule has 1 aliphatic carbocycles. The van der Waals surface area contributed by atoms with Crippen molar-refractivity contribution < 1.29 is 0 Å². The van der Waals surface area contributed by atoms with Gasteiger partial charge in [0.1, 0.15) is 0 Å². The van der Waals surface area contributed by atoms with Crippen LogP contribution >= 0.6 is 0 Å². The largest absolute Gasteiger partial charge is 0.325 e. The van der Waals surface area contributed by atoms with Crippen molar-refractivity contribution in [3.63, 3.8) is 0 Å². The summed E-state index contributed by atoms with van der Waals surface area (Å²) >= 11 is 0. The molecule has 3 rings (SSSR count). The van der Waals surface area contributed by atoms with E-state index in [4.69, 9.17) is 5.73 Å². The Kier molecular flexibility index (Phi) is 2.92. The third kappa shape index (κ3) is 1.95. The van der Waals surface area contributed by atoms with Crippen molar-refractivity contribution in [3.8, 4) is 5.69 Å². The number of nitrogens with zero attached hydrogens (tertiary/aromatic N) is 2. The summed E-state index contributed by atoms with van der Waals surface area (Å²) < 4.78 is 2.11. The molecule has 2 N–H and O–H groups in total. The zero-order valence-corrected chi connectivity index (χ0v) is 10.8. The molecular weight excluding hydrogens is 222 g/mol. The van der Waals surface area contributed by atoms with Crippen LogP contribution in [0.3, 0.4) is 0 Å². The van der Waals surface area contributed by atoms with Crippen LogP contribution in [-0.2, 0) is 13.0 Å². The minimum Gasteiger partial charge on any atom is -0.325 e. The van der Waals surface area contributed by atoms with Gasteiger partial charge >= 0.3 is 0 Å². The number of benzene rings is 1. The van der Waals surface area contributed by atoms with E-state index in [1.165, 1.54) is 29.8 Å². The van der Waals surface area contributed by atoms with Gasteiger partial charge in [0.15, 0.2) is 0 Å². The van der Waals surface area contributed by atoms with Gasteiger partial charge in [-0.15, -0.1) is 0 Å². The standard InChI is InChI=1S/C15H19N3/c1-2-11-5-3-4-6-14(11)18-15(12-7-8-12)9-13(10-16)17-18/h3-6,9,12H,2,7-8,10,16H2,1H3. The average molecular weight is 241 g/mol. The van der Waals surface area contributed by atoms with Gasteiger partial charge in [0, 0.05) is 18.2 Å². The first-order valence-corrected chi connectivity index (χ1v) is 6.70. The van der Waals surface area contributed by atoms with Crippen molar-refractivity contribution in [1.82, 2.24) is 9.78 Å². The fourth-order valence-corrected chi connectivity index (χ4v) is 2.43. The number of para-hydroxylation sites is 1. The lowest BCUT2D eigenvalue weighted by atomic mass is 10.1. The van der Waals surface area contributed by atoms with Crippen molar-refractivity contribution >= 4 is 0 Å². The Hall–Kier alpha value is -1.61. The molecule has 18 heavy (non-hydrogen) atoms. The van der Waals surface area contributed by atoms with Crippen LogP contribution in [0.15, 0.2) is 30.3 Å². The molecule has 0 saturated heterocycles. The zero-order chi connectivity index (χ0) is 12.5. The zero-order valence-electron chi connectivity index (χ0n) is 10.8. The molecular formula is C15H19N3. The maximum atomic E-state index is 5.73. The summed E-state index contributed by atoms with van der Waals surface area (Å²) in [5.41, 5.74) is 10.6. The normalized spacial score (nSPS) is 15.0. The van der Waals surface area contributed by atoms with Crippen LogP contribution in [0.4, 0.5) is 0 Å². The molecule has 0 atom stereocenters. The summed E-state index contributed by atoms with van der Waals surface area (Å²) in [5, 5.41) is 4.66. The molecule has 0 amide bonds. The first-order chi connectivity index (χ1) is 8.83. The van der Waals surface area contributed by atoms with E-state index in [-0.39, 0.29) is 0 Å². The summed E-state index contributed by atoms with van der Waals surface area (Å²) in [4.78, 5) is 0.